The van der Waals surface area contributed by atoms with Crippen LogP contribution < -0.4 is 5.32 Å². The van der Waals surface area contributed by atoms with E-state index in [2.05, 4.69) is 5.32 Å². The fraction of sp³-hybridized carbons (Fsp3) is 0.500. The maximum absolute atomic E-state index is 12.5. The topological polar surface area (TPSA) is 49.3 Å². The largest absolute Gasteiger partial charge is 0.480 e. The number of rotatable bonds is 3. The summed E-state index contributed by atoms with van der Waals surface area (Å²) in [5.41, 5.74) is -1.19. The third-order valence-corrected chi connectivity index (χ3v) is 3.69. The van der Waals surface area contributed by atoms with E-state index < -0.39 is 23.2 Å². The van der Waals surface area contributed by atoms with Gasteiger partial charge in [-0.1, -0.05) is 12.1 Å². The number of hydrogen-bond acceptors (Lipinski definition) is 2. The molecule has 1 fully saturated rings. The number of halogens is 3. The minimum absolute atomic E-state index is 0.195. The summed E-state index contributed by atoms with van der Waals surface area (Å²) in [5.74, 6) is -0.947. The van der Waals surface area contributed by atoms with E-state index in [4.69, 9.17) is 0 Å². The smallest absolute Gasteiger partial charge is 0.416 e. The van der Waals surface area contributed by atoms with Crippen LogP contribution in [0.3, 0.4) is 0 Å². The number of benzene rings is 1. The molecule has 1 aliphatic rings. The van der Waals surface area contributed by atoms with Gasteiger partial charge >= 0.3 is 12.1 Å². The lowest BCUT2D eigenvalue weighted by atomic mass is 9.83. The minimum atomic E-state index is -4.37. The molecule has 1 aliphatic heterocycles. The van der Waals surface area contributed by atoms with Gasteiger partial charge in [0.2, 0.25) is 0 Å². The molecular formula is C14H16F3NO2. The number of aliphatic carboxylic acids is 1. The number of carbonyl (C=O) groups is 1. The monoisotopic (exact) mass is 287 g/mol. The van der Waals surface area contributed by atoms with Gasteiger partial charge in [0.25, 0.3) is 0 Å². The lowest BCUT2D eigenvalue weighted by Crippen LogP contribution is -2.56. The van der Waals surface area contributed by atoms with Crippen molar-refractivity contribution in [2.45, 2.75) is 37.4 Å². The van der Waals surface area contributed by atoms with Crippen molar-refractivity contribution in [3.05, 3.63) is 35.4 Å². The van der Waals surface area contributed by atoms with E-state index in [1.54, 1.807) is 0 Å². The molecular weight excluding hydrogens is 271 g/mol. The fourth-order valence-corrected chi connectivity index (χ4v) is 2.54. The number of alkyl halides is 3. The van der Waals surface area contributed by atoms with Crippen LogP contribution in [0.4, 0.5) is 13.2 Å². The van der Waals surface area contributed by atoms with Crippen molar-refractivity contribution >= 4 is 5.97 Å². The first-order chi connectivity index (χ1) is 9.33. The van der Waals surface area contributed by atoms with Crippen LogP contribution in [0.2, 0.25) is 0 Å². The zero-order valence-corrected chi connectivity index (χ0v) is 10.8. The molecule has 0 aliphatic carbocycles. The van der Waals surface area contributed by atoms with Gasteiger partial charge in [-0.2, -0.15) is 13.2 Å². The highest BCUT2D eigenvalue weighted by molar-refractivity contribution is 5.79. The van der Waals surface area contributed by atoms with E-state index in [0.717, 1.165) is 25.0 Å². The summed E-state index contributed by atoms with van der Waals surface area (Å²) in [5, 5.41) is 12.4. The maximum Gasteiger partial charge on any atom is 0.416 e. The molecule has 0 radical (unpaired) electrons. The van der Waals surface area contributed by atoms with Gasteiger partial charge in [-0.05, 0) is 43.5 Å². The van der Waals surface area contributed by atoms with E-state index in [-0.39, 0.29) is 6.42 Å². The molecule has 3 nitrogen and oxygen atoms in total. The SMILES string of the molecule is O=C(O)C1(Cc2ccc(C(F)(F)F)cc2)CCCCN1. The average molecular weight is 287 g/mol. The van der Waals surface area contributed by atoms with Gasteiger partial charge in [0.1, 0.15) is 5.54 Å². The van der Waals surface area contributed by atoms with Crippen molar-refractivity contribution in [1.82, 2.24) is 5.32 Å². The fourth-order valence-electron chi connectivity index (χ4n) is 2.54. The Morgan fingerprint density at radius 1 is 1.25 bits per heavy atom. The highest BCUT2D eigenvalue weighted by Crippen LogP contribution is 2.30. The molecule has 1 atom stereocenters. The van der Waals surface area contributed by atoms with E-state index in [0.29, 0.717) is 18.5 Å². The Balaban J connectivity index is 2.17. The summed E-state index contributed by atoms with van der Waals surface area (Å²) in [4.78, 5) is 11.5. The third-order valence-electron chi connectivity index (χ3n) is 3.69. The molecule has 2 N–H and O–H groups in total. The van der Waals surface area contributed by atoms with Crippen LogP contribution in [0.25, 0.3) is 0 Å². The highest BCUT2D eigenvalue weighted by Gasteiger charge is 2.39. The Bertz CT molecular complexity index is 476. The Morgan fingerprint density at radius 3 is 2.35 bits per heavy atom. The van der Waals surface area contributed by atoms with Crippen molar-refractivity contribution in [3.8, 4) is 0 Å². The first kappa shape index (κ1) is 14.8. The summed E-state index contributed by atoms with van der Waals surface area (Å²) in [6.07, 6.45) is -1.96. The lowest BCUT2D eigenvalue weighted by molar-refractivity contribution is -0.146. The van der Waals surface area contributed by atoms with E-state index >= 15 is 0 Å². The van der Waals surface area contributed by atoms with Crippen LogP contribution in [-0.4, -0.2) is 23.2 Å². The molecule has 0 amide bonds. The standard InChI is InChI=1S/C14H16F3NO2/c15-14(16,17)11-5-3-10(4-6-11)9-13(12(19)20)7-1-2-8-18-13/h3-6,18H,1-2,7-9H2,(H,19,20). The Morgan fingerprint density at radius 2 is 1.90 bits per heavy atom. The maximum atomic E-state index is 12.5. The second-order valence-electron chi connectivity index (χ2n) is 5.14. The second kappa shape index (κ2) is 5.44. The zero-order chi connectivity index (χ0) is 14.8. The van der Waals surface area contributed by atoms with E-state index in [1.165, 1.54) is 12.1 Å². The number of hydrogen-bond donors (Lipinski definition) is 2. The molecule has 20 heavy (non-hydrogen) atoms. The molecule has 1 saturated heterocycles. The predicted octanol–water partition coefficient (Wildman–Crippen LogP) is 2.84. The van der Waals surface area contributed by atoms with Crippen LogP contribution in [0.15, 0.2) is 24.3 Å². The number of nitrogens with one attached hydrogen (secondary N) is 1. The van der Waals surface area contributed by atoms with Gasteiger partial charge in [0.05, 0.1) is 5.56 Å². The first-order valence-electron chi connectivity index (χ1n) is 6.48. The summed E-state index contributed by atoms with van der Waals surface area (Å²) >= 11 is 0. The van der Waals surface area contributed by atoms with Crippen molar-refractivity contribution < 1.29 is 23.1 Å². The average Bonchev–Trinajstić information content (AvgIpc) is 2.39. The van der Waals surface area contributed by atoms with Crippen LogP contribution >= 0.6 is 0 Å². The van der Waals surface area contributed by atoms with Gasteiger partial charge in [0, 0.05) is 6.42 Å². The Kier molecular flexibility index (Phi) is 4.04. The first-order valence-corrected chi connectivity index (χ1v) is 6.48. The van der Waals surface area contributed by atoms with Crippen molar-refractivity contribution in [3.63, 3.8) is 0 Å². The van der Waals surface area contributed by atoms with Gasteiger partial charge in [0.15, 0.2) is 0 Å². The molecule has 2 rings (SSSR count). The highest BCUT2D eigenvalue weighted by atomic mass is 19.4. The van der Waals surface area contributed by atoms with Crippen molar-refractivity contribution in [2.24, 2.45) is 0 Å². The summed E-state index contributed by atoms with van der Waals surface area (Å²) in [7, 11) is 0. The van der Waals surface area contributed by atoms with E-state index in [9.17, 15) is 23.1 Å². The molecule has 1 aromatic carbocycles. The predicted molar refractivity (Wildman–Crippen MR) is 67.4 cm³/mol. The summed E-state index contributed by atoms with van der Waals surface area (Å²) in [6, 6.07) is 4.69. The Labute approximate surface area is 114 Å². The molecule has 1 unspecified atom stereocenters. The van der Waals surface area contributed by atoms with E-state index in [1.807, 2.05) is 0 Å². The van der Waals surface area contributed by atoms with Crippen molar-refractivity contribution in [1.29, 1.82) is 0 Å². The molecule has 0 bridgehead atoms. The van der Waals surface area contributed by atoms with Gasteiger partial charge in [-0.3, -0.25) is 4.79 Å². The molecule has 110 valence electrons. The molecule has 6 heteroatoms. The van der Waals surface area contributed by atoms with Gasteiger partial charge < -0.3 is 10.4 Å². The van der Waals surface area contributed by atoms with Crippen molar-refractivity contribution in [2.75, 3.05) is 6.54 Å². The summed E-state index contributed by atoms with van der Waals surface area (Å²) < 4.78 is 37.4. The van der Waals surface area contributed by atoms with Crippen LogP contribution in [0.1, 0.15) is 30.4 Å². The minimum Gasteiger partial charge on any atom is -0.480 e. The van der Waals surface area contributed by atoms with Crippen LogP contribution in [0, 0.1) is 0 Å². The third kappa shape index (κ3) is 3.12. The normalized spacial score (nSPS) is 23.6. The number of carboxylic acids is 1. The molecule has 0 spiro atoms. The summed E-state index contributed by atoms with van der Waals surface area (Å²) in [6.45, 7) is 0.618. The molecule has 0 aromatic heterocycles. The molecule has 1 heterocycles. The zero-order valence-electron chi connectivity index (χ0n) is 10.8. The van der Waals surface area contributed by atoms with Gasteiger partial charge in [-0.15, -0.1) is 0 Å². The van der Waals surface area contributed by atoms with Gasteiger partial charge in [-0.25, -0.2) is 0 Å². The second-order valence-corrected chi connectivity index (χ2v) is 5.14. The lowest BCUT2D eigenvalue weighted by Gasteiger charge is -2.34. The number of carboxylic acid groups (broad SMARTS) is 1. The van der Waals surface area contributed by atoms with Crippen LogP contribution in [0.5, 0.6) is 0 Å². The Hall–Kier alpha value is -1.56. The quantitative estimate of drug-likeness (QED) is 0.898. The molecule has 0 saturated carbocycles. The molecule has 1 aromatic rings. The van der Waals surface area contributed by atoms with Crippen LogP contribution in [-0.2, 0) is 17.4 Å². The number of piperidine rings is 1.